The number of hydrogen-bond donors (Lipinski definition) is 3. The first kappa shape index (κ1) is 17.4. The normalized spacial score (nSPS) is 11.5. The molecule has 5 nitrogen and oxygen atoms in total. The molecule has 1 atom stereocenters. The van der Waals surface area contributed by atoms with Crippen molar-refractivity contribution in [2.24, 2.45) is 0 Å². The number of urea groups is 1. The lowest BCUT2D eigenvalue weighted by molar-refractivity contribution is -0.120. The summed E-state index contributed by atoms with van der Waals surface area (Å²) in [6.07, 6.45) is 0. The molecule has 0 aliphatic heterocycles. The van der Waals surface area contributed by atoms with Gasteiger partial charge in [-0.25, -0.2) is 13.6 Å². The maximum Gasteiger partial charge on any atom is 0.321 e. The van der Waals surface area contributed by atoms with Gasteiger partial charge in [0.05, 0.1) is 0 Å². The number of halogens is 2. The van der Waals surface area contributed by atoms with Crippen molar-refractivity contribution in [3.63, 3.8) is 0 Å². The third-order valence-electron chi connectivity index (χ3n) is 3.23. The second kappa shape index (κ2) is 8.05. The molecule has 2 rings (SSSR count). The van der Waals surface area contributed by atoms with Gasteiger partial charge in [-0.3, -0.25) is 10.1 Å². The quantitative estimate of drug-likeness (QED) is 0.788. The Kier molecular flexibility index (Phi) is 5.83. The van der Waals surface area contributed by atoms with Gasteiger partial charge >= 0.3 is 6.03 Å². The van der Waals surface area contributed by atoms with Gasteiger partial charge in [-0.2, -0.15) is 0 Å². The molecule has 3 amide bonds. The summed E-state index contributed by atoms with van der Waals surface area (Å²) in [5.74, 6) is -2.59. The molecule has 24 heavy (non-hydrogen) atoms. The number of amides is 3. The fourth-order valence-electron chi connectivity index (χ4n) is 1.94. The molecule has 0 aliphatic rings. The maximum absolute atomic E-state index is 13.1. The molecule has 2 aromatic rings. The number of nitrogens with one attached hydrogen (secondary N) is 3. The number of carbonyl (C=O) groups is 2. The predicted molar refractivity (Wildman–Crippen MR) is 86.3 cm³/mol. The van der Waals surface area contributed by atoms with Crippen LogP contribution in [0.5, 0.6) is 0 Å². The van der Waals surface area contributed by atoms with Gasteiger partial charge in [-0.15, -0.1) is 0 Å². The highest BCUT2D eigenvalue weighted by molar-refractivity contribution is 5.97. The zero-order valence-corrected chi connectivity index (χ0v) is 13.0. The van der Waals surface area contributed by atoms with Crippen molar-refractivity contribution in [3.05, 3.63) is 65.7 Å². The Morgan fingerprint density at radius 1 is 1.04 bits per heavy atom. The summed E-state index contributed by atoms with van der Waals surface area (Å²) in [5, 5.41) is 7.42. The summed E-state index contributed by atoms with van der Waals surface area (Å²) < 4.78 is 26.0. The zero-order chi connectivity index (χ0) is 17.5. The molecule has 0 bridgehead atoms. The van der Waals surface area contributed by atoms with Gasteiger partial charge in [0.15, 0.2) is 11.6 Å². The molecular weight excluding hydrogens is 316 g/mol. The van der Waals surface area contributed by atoms with E-state index in [1.54, 1.807) is 0 Å². The lowest BCUT2D eigenvalue weighted by Gasteiger charge is -2.15. The molecule has 0 saturated carbocycles. The molecule has 0 radical (unpaired) electrons. The van der Waals surface area contributed by atoms with Crippen molar-refractivity contribution in [2.45, 2.75) is 19.5 Å². The summed E-state index contributed by atoms with van der Waals surface area (Å²) in [4.78, 5) is 23.6. The third-order valence-corrected chi connectivity index (χ3v) is 3.23. The maximum atomic E-state index is 13.1. The SMILES string of the molecule is CC(Nc1ccc(F)c(F)c1)C(=O)NC(=O)NCc1ccccc1. The number of hydrogen-bond acceptors (Lipinski definition) is 3. The van der Waals surface area contributed by atoms with Crippen LogP contribution in [0.2, 0.25) is 0 Å². The third kappa shape index (κ3) is 5.05. The van der Waals surface area contributed by atoms with Crippen LogP contribution in [-0.4, -0.2) is 18.0 Å². The van der Waals surface area contributed by atoms with Gasteiger partial charge in [0.1, 0.15) is 6.04 Å². The Morgan fingerprint density at radius 2 is 1.75 bits per heavy atom. The van der Waals surface area contributed by atoms with E-state index in [0.29, 0.717) is 0 Å². The van der Waals surface area contributed by atoms with E-state index >= 15 is 0 Å². The van der Waals surface area contributed by atoms with Crippen molar-refractivity contribution >= 4 is 17.6 Å². The van der Waals surface area contributed by atoms with Crippen molar-refractivity contribution in [1.29, 1.82) is 0 Å². The van der Waals surface area contributed by atoms with E-state index in [-0.39, 0.29) is 12.2 Å². The molecule has 0 spiro atoms. The summed E-state index contributed by atoms with van der Waals surface area (Å²) in [7, 11) is 0. The fraction of sp³-hybridized carbons (Fsp3) is 0.176. The van der Waals surface area contributed by atoms with Crippen LogP contribution in [0.25, 0.3) is 0 Å². The first-order valence-electron chi connectivity index (χ1n) is 7.30. The van der Waals surface area contributed by atoms with E-state index in [1.807, 2.05) is 30.3 Å². The second-order valence-corrected chi connectivity index (χ2v) is 5.15. The van der Waals surface area contributed by atoms with Crippen LogP contribution in [0.1, 0.15) is 12.5 Å². The molecule has 3 N–H and O–H groups in total. The number of anilines is 1. The van der Waals surface area contributed by atoms with Gasteiger partial charge in [0.25, 0.3) is 0 Å². The molecule has 0 aromatic heterocycles. The zero-order valence-electron chi connectivity index (χ0n) is 13.0. The van der Waals surface area contributed by atoms with E-state index in [1.165, 1.54) is 13.0 Å². The highest BCUT2D eigenvalue weighted by atomic mass is 19.2. The van der Waals surface area contributed by atoms with Crippen LogP contribution in [0.4, 0.5) is 19.3 Å². The number of rotatable bonds is 5. The Morgan fingerprint density at radius 3 is 2.42 bits per heavy atom. The predicted octanol–water partition coefficient (Wildman–Crippen LogP) is 2.79. The van der Waals surface area contributed by atoms with Gasteiger partial charge < -0.3 is 10.6 Å². The molecular formula is C17H17F2N3O2. The molecule has 126 valence electrons. The van der Waals surface area contributed by atoms with E-state index in [4.69, 9.17) is 0 Å². The van der Waals surface area contributed by atoms with Gasteiger partial charge in [-0.05, 0) is 24.6 Å². The number of imide groups is 1. The molecule has 1 unspecified atom stereocenters. The molecule has 0 heterocycles. The van der Waals surface area contributed by atoms with E-state index in [2.05, 4.69) is 16.0 Å². The van der Waals surface area contributed by atoms with E-state index in [0.717, 1.165) is 17.7 Å². The number of carbonyl (C=O) groups excluding carboxylic acids is 2. The monoisotopic (exact) mass is 333 g/mol. The topological polar surface area (TPSA) is 70.2 Å². The van der Waals surface area contributed by atoms with Crippen molar-refractivity contribution < 1.29 is 18.4 Å². The highest BCUT2D eigenvalue weighted by Crippen LogP contribution is 2.14. The summed E-state index contributed by atoms with van der Waals surface area (Å²) in [5.41, 5.74) is 1.13. The average Bonchev–Trinajstić information content (AvgIpc) is 2.57. The van der Waals surface area contributed by atoms with Gasteiger partial charge in [-0.1, -0.05) is 30.3 Å². The van der Waals surface area contributed by atoms with Crippen molar-refractivity contribution in [3.8, 4) is 0 Å². The Labute approximate surface area is 138 Å². The summed E-state index contributed by atoms with van der Waals surface area (Å²) in [6, 6.07) is 11.0. The van der Waals surface area contributed by atoms with Crippen LogP contribution < -0.4 is 16.0 Å². The lowest BCUT2D eigenvalue weighted by atomic mass is 10.2. The van der Waals surface area contributed by atoms with E-state index in [9.17, 15) is 18.4 Å². The summed E-state index contributed by atoms with van der Waals surface area (Å²) >= 11 is 0. The minimum absolute atomic E-state index is 0.237. The Balaban J connectivity index is 1.82. The van der Waals surface area contributed by atoms with Crippen LogP contribution in [0, 0.1) is 11.6 Å². The standard InChI is InChI=1S/C17H17F2N3O2/c1-11(21-13-7-8-14(18)15(19)9-13)16(23)22-17(24)20-10-12-5-3-2-4-6-12/h2-9,11,21H,10H2,1H3,(H2,20,22,23,24). The first-order chi connectivity index (χ1) is 11.5. The highest BCUT2D eigenvalue weighted by Gasteiger charge is 2.16. The molecule has 0 saturated heterocycles. The minimum atomic E-state index is -1.02. The lowest BCUT2D eigenvalue weighted by Crippen LogP contribution is -2.45. The van der Waals surface area contributed by atoms with Crippen LogP contribution in [0.3, 0.4) is 0 Å². The molecule has 0 aliphatic carbocycles. The van der Waals surface area contributed by atoms with Crippen LogP contribution >= 0.6 is 0 Å². The summed E-state index contributed by atoms with van der Waals surface area (Å²) in [6.45, 7) is 1.78. The van der Waals surface area contributed by atoms with Crippen LogP contribution in [-0.2, 0) is 11.3 Å². The average molecular weight is 333 g/mol. The second-order valence-electron chi connectivity index (χ2n) is 5.15. The first-order valence-corrected chi connectivity index (χ1v) is 7.30. The number of benzene rings is 2. The Hall–Kier alpha value is -2.96. The van der Waals surface area contributed by atoms with Gasteiger partial charge in [0, 0.05) is 18.3 Å². The van der Waals surface area contributed by atoms with Crippen LogP contribution in [0.15, 0.2) is 48.5 Å². The minimum Gasteiger partial charge on any atom is -0.374 e. The molecule has 2 aromatic carbocycles. The largest absolute Gasteiger partial charge is 0.374 e. The molecule has 0 fully saturated rings. The van der Waals surface area contributed by atoms with Crippen molar-refractivity contribution in [2.75, 3.05) is 5.32 Å². The van der Waals surface area contributed by atoms with Gasteiger partial charge in [0.2, 0.25) is 5.91 Å². The smallest absolute Gasteiger partial charge is 0.321 e. The van der Waals surface area contributed by atoms with E-state index < -0.39 is 29.6 Å². The van der Waals surface area contributed by atoms with Crippen molar-refractivity contribution in [1.82, 2.24) is 10.6 Å². The Bertz CT molecular complexity index is 723. The fourth-order valence-corrected chi connectivity index (χ4v) is 1.94. The molecule has 7 heteroatoms.